The Morgan fingerprint density at radius 2 is 2.10 bits per heavy atom. The number of carboxylic acids is 1. The van der Waals surface area contributed by atoms with E-state index in [2.05, 4.69) is 26.3 Å². The van der Waals surface area contributed by atoms with Crippen LogP contribution in [0, 0.1) is 6.92 Å². The van der Waals surface area contributed by atoms with E-state index in [1.807, 2.05) is 0 Å². The summed E-state index contributed by atoms with van der Waals surface area (Å²) < 4.78 is 1.95. The van der Waals surface area contributed by atoms with Crippen molar-refractivity contribution in [2.24, 2.45) is 12.8 Å². The smallest absolute Gasteiger partial charge is 0.336 e. The number of anilines is 2. The van der Waals surface area contributed by atoms with Crippen LogP contribution in [0.2, 0.25) is 0 Å². The monoisotopic (exact) mass is 352 g/mol. The lowest BCUT2D eigenvalue weighted by Crippen LogP contribution is -2.14. The van der Waals surface area contributed by atoms with Crippen molar-refractivity contribution >= 4 is 39.3 Å². The lowest BCUT2D eigenvalue weighted by Gasteiger charge is -2.10. The number of aromatic nitrogens is 2. The number of aromatic carboxylic acids is 1. The van der Waals surface area contributed by atoms with Gasteiger partial charge in [0.2, 0.25) is 0 Å². The highest BCUT2D eigenvalue weighted by Crippen LogP contribution is 2.26. The van der Waals surface area contributed by atoms with Gasteiger partial charge in [-0.1, -0.05) is 0 Å². The third-order valence-corrected chi connectivity index (χ3v) is 3.62. The van der Waals surface area contributed by atoms with Gasteiger partial charge in [0.25, 0.3) is 5.91 Å². The number of nitrogens with one attached hydrogen (secondary N) is 1. The number of nitrogens with two attached hydrogens (primary N) is 1. The van der Waals surface area contributed by atoms with Crippen LogP contribution in [0.4, 0.5) is 11.5 Å². The van der Waals surface area contributed by atoms with Gasteiger partial charge in [-0.25, -0.2) is 4.79 Å². The standard InChI is InChI=1S/C13H13BrN4O3/c1-6-10(11(15)19)12(18(2)17-6)16-7-3-4-9(14)8(5-7)13(20)21/h3-5,16H,1-2H3,(H2,15,19)(H,20,21). The molecule has 0 aliphatic heterocycles. The van der Waals surface area contributed by atoms with Crippen LogP contribution in [-0.4, -0.2) is 26.8 Å². The lowest BCUT2D eigenvalue weighted by atomic mass is 10.2. The van der Waals surface area contributed by atoms with Gasteiger partial charge in [0.1, 0.15) is 11.4 Å². The molecule has 0 bridgehead atoms. The molecule has 0 saturated carbocycles. The molecule has 2 rings (SSSR count). The van der Waals surface area contributed by atoms with E-state index < -0.39 is 11.9 Å². The van der Waals surface area contributed by atoms with Crippen molar-refractivity contribution in [1.29, 1.82) is 0 Å². The zero-order valence-electron chi connectivity index (χ0n) is 11.3. The first kappa shape index (κ1) is 15.0. The SMILES string of the molecule is Cc1nn(C)c(Nc2ccc(Br)c(C(=O)O)c2)c1C(N)=O. The molecule has 1 aromatic heterocycles. The van der Waals surface area contributed by atoms with Crippen molar-refractivity contribution in [3.8, 4) is 0 Å². The zero-order chi connectivity index (χ0) is 15.7. The summed E-state index contributed by atoms with van der Waals surface area (Å²) in [5, 5.41) is 16.2. The maximum absolute atomic E-state index is 11.5. The Hall–Kier alpha value is -2.35. The average Bonchev–Trinajstić information content (AvgIpc) is 2.66. The first-order valence-corrected chi connectivity index (χ1v) is 6.73. The molecule has 0 radical (unpaired) electrons. The molecule has 0 aliphatic rings. The molecule has 2 aromatic rings. The Balaban J connectivity index is 2.46. The van der Waals surface area contributed by atoms with Crippen molar-refractivity contribution < 1.29 is 14.7 Å². The van der Waals surface area contributed by atoms with Crippen LogP contribution < -0.4 is 11.1 Å². The van der Waals surface area contributed by atoms with Crippen molar-refractivity contribution in [2.75, 3.05) is 5.32 Å². The molecular formula is C13H13BrN4O3. The molecule has 1 aromatic carbocycles. The minimum absolute atomic E-state index is 0.111. The molecule has 110 valence electrons. The van der Waals surface area contributed by atoms with Crippen LogP contribution in [0.15, 0.2) is 22.7 Å². The van der Waals surface area contributed by atoms with Gasteiger partial charge in [-0.3, -0.25) is 9.48 Å². The zero-order valence-corrected chi connectivity index (χ0v) is 12.9. The maximum atomic E-state index is 11.5. The second kappa shape index (κ2) is 5.57. The van der Waals surface area contributed by atoms with Gasteiger partial charge in [-0.05, 0) is 41.1 Å². The molecular weight excluding hydrogens is 340 g/mol. The highest BCUT2D eigenvalue weighted by molar-refractivity contribution is 9.10. The first-order chi connectivity index (χ1) is 9.81. The number of hydrogen-bond donors (Lipinski definition) is 3. The third-order valence-electron chi connectivity index (χ3n) is 2.93. The Kier molecular flexibility index (Phi) is 3.99. The fourth-order valence-corrected chi connectivity index (χ4v) is 2.42. The summed E-state index contributed by atoms with van der Waals surface area (Å²) in [5.74, 6) is -1.24. The van der Waals surface area contributed by atoms with E-state index in [4.69, 9.17) is 10.8 Å². The van der Waals surface area contributed by atoms with Gasteiger partial charge in [-0.15, -0.1) is 0 Å². The molecule has 7 nitrogen and oxygen atoms in total. The number of primary amides is 1. The fourth-order valence-electron chi connectivity index (χ4n) is 2.00. The van der Waals surface area contributed by atoms with Crippen LogP contribution in [-0.2, 0) is 7.05 Å². The van der Waals surface area contributed by atoms with Crippen LogP contribution in [0.1, 0.15) is 26.4 Å². The highest BCUT2D eigenvalue weighted by atomic mass is 79.9. The van der Waals surface area contributed by atoms with E-state index in [1.165, 1.54) is 10.7 Å². The Bertz CT molecular complexity index is 739. The van der Waals surface area contributed by atoms with E-state index >= 15 is 0 Å². The molecule has 0 fully saturated rings. The molecule has 0 aliphatic carbocycles. The number of aryl methyl sites for hydroxylation is 2. The van der Waals surface area contributed by atoms with Gasteiger partial charge in [-0.2, -0.15) is 5.10 Å². The predicted octanol–water partition coefficient (Wildman–Crippen LogP) is 2.03. The summed E-state index contributed by atoms with van der Waals surface area (Å²) in [6.45, 7) is 1.68. The number of nitrogens with zero attached hydrogens (tertiary/aromatic N) is 2. The van der Waals surface area contributed by atoms with E-state index in [0.717, 1.165) is 0 Å². The lowest BCUT2D eigenvalue weighted by molar-refractivity contribution is 0.0695. The third kappa shape index (κ3) is 2.89. The quantitative estimate of drug-likeness (QED) is 0.779. The number of hydrogen-bond acceptors (Lipinski definition) is 4. The number of halogens is 1. The van der Waals surface area contributed by atoms with E-state index in [-0.39, 0.29) is 11.1 Å². The second-order valence-electron chi connectivity index (χ2n) is 4.42. The average molecular weight is 353 g/mol. The van der Waals surface area contributed by atoms with Crippen LogP contribution in [0.3, 0.4) is 0 Å². The number of carboxylic acid groups (broad SMARTS) is 1. The minimum atomic E-state index is -1.05. The van der Waals surface area contributed by atoms with E-state index in [0.29, 0.717) is 21.7 Å². The van der Waals surface area contributed by atoms with Crippen molar-refractivity contribution in [2.45, 2.75) is 6.92 Å². The van der Waals surface area contributed by atoms with E-state index in [9.17, 15) is 9.59 Å². The van der Waals surface area contributed by atoms with Crippen LogP contribution >= 0.6 is 15.9 Å². The second-order valence-corrected chi connectivity index (χ2v) is 5.28. The molecule has 0 saturated heterocycles. The van der Waals surface area contributed by atoms with Gasteiger partial charge in [0.05, 0.1) is 11.3 Å². The topological polar surface area (TPSA) is 110 Å². The molecule has 4 N–H and O–H groups in total. The molecule has 1 amide bonds. The van der Waals surface area contributed by atoms with Crippen molar-refractivity contribution in [3.63, 3.8) is 0 Å². The molecule has 0 unspecified atom stereocenters. The number of rotatable bonds is 4. The van der Waals surface area contributed by atoms with Gasteiger partial charge < -0.3 is 16.2 Å². The first-order valence-electron chi connectivity index (χ1n) is 5.94. The summed E-state index contributed by atoms with van der Waals surface area (Å²) in [7, 11) is 1.67. The maximum Gasteiger partial charge on any atom is 0.336 e. The summed E-state index contributed by atoms with van der Waals surface area (Å²) in [6, 6.07) is 4.75. The largest absolute Gasteiger partial charge is 0.478 e. The van der Waals surface area contributed by atoms with Gasteiger partial charge in [0, 0.05) is 17.2 Å². The number of benzene rings is 1. The summed E-state index contributed by atoms with van der Waals surface area (Å²) >= 11 is 3.17. The van der Waals surface area contributed by atoms with Gasteiger partial charge in [0.15, 0.2) is 0 Å². The Morgan fingerprint density at radius 1 is 1.43 bits per heavy atom. The van der Waals surface area contributed by atoms with Crippen LogP contribution in [0.5, 0.6) is 0 Å². The van der Waals surface area contributed by atoms with Crippen LogP contribution in [0.25, 0.3) is 0 Å². The molecule has 21 heavy (non-hydrogen) atoms. The molecule has 8 heteroatoms. The Labute approximate surface area is 128 Å². The molecule has 0 spiro atoms. The van der Waals surface area contributed by atoms with Crippen molar-refractivity contribution in [1.82, 2.24) is 9.78 Å². The number of carbonyl (C=O) groups excluding carboxylic acids is 1. The number of amides is 1. The fraction of sp³-hybridized carbons (Fsp3) is 0.154. The van der Waals surface area contributed by atoms with Gasteiger partial charge >= 0.3 is 5.97 Å². The summed E-state index contributed by atoms with van der Waals surface area (Å²) in [5.41, 5.74) is 6.75. The highest BCUT2D eigenvalue weighted by Gasteiger charge is 2.18. The molecule has 1 heterocycles. The van der Waals surface area contributed by atoms with E-state index in [1.54, 1.807) is 26.1 Å². The molecule has 0 atom stereocenters. The normalized spacial score (nSPS) is 10.4. The van der Waals surface area contributed by atoms with Crippen molar-refractivity contribution in [3.05, 3.63) is 39.5 Å². The Morgan fingerprint density at radius 3 is 2.67 bits per heavy atom. The predicted molar refractivity (Wildman–Crippen MR) is 80.8 cm³/mol. The summed E-state index contributed by atoms with van der Waals surface area (Å²) in [6.07, 6.45) is 0. The number of carbonyl (C=O) groups is 2. The minimum Gasteiger partial charge on any atom is -0.478 e. The summed E-state index contributed by atoms with van der Waals surface area (Å²) in [4.78, 5) is 22.6.